The van der Waals surface area contributed by atoms with Gasteiger partial charge >= 0.3 is 0 Å². The third-order valence-electron chi connectivity index (χ3n) is 3.21. The Balaban J connectivity index is 3.39. The van der Waals surface area contributed by atoms with Crippen molar-refractivity contribution in [1.29, 1.82) is 0 Å². The van der Waals surface area contributed by atoms with Gasteiger partial charge in [0.1, 0.15) is 0 Å². The molecule has 0 unspecified atom stereocenters. The maximum Gasteiger partial charge on any atom is -0.0196 e. The predicted octanol–water partition coefficient (Wildman–Crippen LogP) is 4.43. The van der Waals surface area contributed by atoms with E-state index in [-0.39, 0.29) is 0 Å². The summed E-state index contributed by atoms with van der Waals surface area (Å²) in [5, 5.41) is 0. The van der Waals surface area contributed by atoms with Crippen LogP contribution in [0.1, 0.15) is 43.0 Å². The molecule has 0 radical (unpaired) electrons. The highest BCUT2D eigenvalue weighted by Gasteiger charge is 2.05. The zero-order chi connectivity index (χ0) is 10.9. The smallest absolute Gasteiger partial charge is 0.0196 e. The van der Waals surface area contributed by atoms with Gasteiger partial charge < -0.3 is 0 Å². The number of hydrogen-bond acceptors (Lipinski definition) is 0. The molecular formula is C14H20. The van der Waals surface area contributed by atoms with Gasteiger partial charge in [-0.1, -0.05) is 17.7 Å². The first kappa shape index (κ1) is 11.0. The number of hydrogen-bond donors (Lipinski definition) is 0. The summed E-state index contributed by atoms with van der Waals surface area (Å²) in [5.74, 6) is 0. The minimum atomic E-state index is 1.38. The van der Waals surface area contributed by atoms with E-state index < -0.39 is 0 Å². The summed E-state index contributed by atoms with van der Waals surface area (Å²) in [6.07, 6.45) is 0. The summed E-state index contributed by atoms with van der Waals surface area (Å²) in [7, 11) is 0. The summed E-state index contributed by atoms with van der Waals surface area (Å²) in [5.41, 5.74) is 8.43. The quantitative estimate of drug-likeness (QED) is 0.611. The highest BCUT2D eigenvalue weighted by atomic mass is 14.1. The Labute approximate surface area is 87.7 Å². The first-order chi connectivity index (χ1) is 6.45. The van der Waals surface area contributed by atoms with Gasteiger partial charge in [0.15, 0.2) is 0 Å². The number of allylic oxidation sites excluding steroid dienone is 2. The van der Waals surface area contributed by atoms with Crippen LogP contribution in [0.3, 0.4) is 0 Å². The second-order valence-electron chi connectivity index (χ2n) is 4.31. The average molecular weight is 188 g/mol. The lowest BCUT2D eigenvalue weighted by molar-refractivity contribution is 1.23. The molecule has 0 aliphatic heterocycles. The Morgan fingerprint density at radius 1 is 0.857 bits per heavy atom. The van der Waals surface area contributed by atoms with Crippen molar-refractivity contribution < 1.29 is 0 Å². The van der Waals surface area contributed by atoms with Crippen LogP contribution >= 0.6 is 0 Å². The van der Waals surface area contributed by atoms with E-state index in [4.69, 9.17) is 0 Å². The highest BCUT2D eigenvalue weighted by Crippen LogP contribution is 2.25. The van der Waals surface area contributed by atoms with Gasteiger partial charge in [-0.2, -0.15) is 0 Å². The van der Waals surface area contributed by atoms with Crippen molar-refractivity contribution in [3.63, 3.8) is 0 Å². The Kier molecular flexibility index (Phi) is 3.15. The van der Waals surface area contributed by atoms with E-state index in [1.165, 1.54) is 33.4 Å². The van der Waals surface area contributed by atoms with E-state index in [2.05, 4.69) is 53.7 Å². The van der Waals surface area contributed by atoms with Crippen LogP contribution in [0, 0.1) is 20.8 Å². The van der Waals surface area contributed by atoms with Crippen LogP contribution in [0.25, 0.3) is 5.57 Å². The van der Waals surface area contributed by atoms with Crippen LogP contribution in [0.4, 0.5) is 0 Å². The van der Waals surface area contributed by atoms with Crippen molar-refractivity contribution in [2.24, 2.45) is 0 Å². The molecule has 0 spiro atoms. The second-order valence-corrected chi connectivity index (χ2v) is 4.31. The van der Waals surface area contributed by atoms with Crippen molar-refractivity contribution >= 4 is 5.57 Å². The Hall–Kier alpha value is -1.04. The first-order valence-electron chi connectivity index (χ1n) is 5.16. The fourth-order valence-electron chi connectivity index (χ4n) is 1.63. The Morgan fingerprint density at radius 3 is 1.93 bits per heavy atom. The molecule has 1 aromatic rings. The fraction of sp³-hybridized carbons (Fsp3) is 0.429. The molecule has 0 heteroatoms. The standard InChI is InChI=1S/C14H20/c1-9(2)11(4)14-8-7-10(3)12(5)13(14)6/h7-8H,1-6H3. The van der Waals surface area contributed by atoms with Crippen molar-refractivity contribution in [2.75, 3.05) is 0 Å². The molecule has 0 aliphatic rings. The van der Waals surface area contributed by atoms with Crippen LogP contribution in [0.2, 0.25) is 0 Å². The molecule has 1 rings (SSSR count). The van der Waals surface area contributed by atoms with Crippen LogP contribution in [0.5, 0.6) is 0 Å². The molecule has 0 bridgehead atoms. The first-order valence-corrected chi connectivity index (χ1v) is 5.16. The van der Waals surface area contributed by atoms with E-state index in [9.17, 15) is 0 Å². The molecule has 0 nitrogen and oxygen atoms in total. The summed E-state index contributed by atoms with van der Waals surface area (Å²) >= 11 is 0. The van der Waals surface area contributed by atoms with Gasteiger partial charge in [-0.05, 0) is 69.4 Å². The molecule has 0 saturated carbocycles. The summed E-state index contributed by atoms with van der Waals surface area (Å²) in [6.45, 7) is 13.1. The van der Waals surface area contributed by atoms with E-state index in [1.807, 2.05) is 0 Å². The molecule has 0 fully saturated rings. The van der Waals surface area contributed by atoms with E-state index in [1.54, 1.807) is 0 Å². The van der Waals surface area contributed by atoms with Crippen LogP contribution < -0.4 is 0 Å². The zero-order valence-corrected chi connectivity index (χ0v) is 10.2. The predicted molar refractivity (Wildman–Crippen MR) is 64.6 cm³/mol. The van der Waals surface area contributed by atoms with Crippen molar-refractivity contribution in [1.82, 2.24) is 0 Å². The molecule has 76 valence electrons. The molecule has 0 heterocycles. The zero-order valence-electron chi connectivity index (χ0n) is 10.2. The topological polar surface area (TPSA) is 0 Å². The molecule has 0 aromatic heterocycles. The van der Waals surface area contributed by atoms with Crippen LogP contribution in [-0.2, 0) is 0 Å². The summed E-state index contributed by atoms with van der Waals surface area (Å²) in [6, 6.07) is 4.45. The molecular weight excluding hydrogens is 168 g/mol. The molecule has 14 heavy (non-hydrogen) atoms. The van der Waals surface area contributed by atoms with Gasteiger partial charge in [0, 0.05) is 0 Å². The molecule has 0 N–H and O–H groups in total. The van der Waals surface area contributed by atoms with E-state index in [0.717, 1.165) is 0 Å². The van der Waals surface area contributed by atoms with Gasteiger partial charge in [0.05, 0.1) is 0 Å². The number of aryl methyl sites for hydroxylation is 1. The molecule has 0 saturated heterocycles. The third kappa shape index (κ3) is 1.89. The minimum absolute atomic E-state index is 1.38. The van der Waals surface area contributed by atoms with Gasteiger partial charge in [0.2, 0.25) is 0 Å². The van der Waals surface area contributed by atoms with E-state index in [0.29, 0.717) is 0 Å². The number of rotatable bonds is 1. The highest BCUT2D eigenvalue weighted by molar-refractivity contribution is 5.70. The summed E-state index contributed by atoms with van der Waals surface area (Å²) in [4.78, 5) is 0. The van der Waals surface area contributed by atoms with Crippen molar-refractivity contribution in [3.8, 4) is 0 Å². The molecule has 0 atom stereocenters. The second kappa shape index (κ2) is 4.00. The lowest BCUT2D eigenvalue weighted by Crippen LogP contribution is -1.93. The lowest BCUT2D eigenvalue weighted by atomic mass is 9.93. The molecule has 0 amide bonds. The average Bonchev–Trinajstić information content (AvgIpc) is 2.13. The van der Waals surface area contributed by atoms with Gasteiger partial charge in [-0.25, -0.2) is 0 Å². The van der Waals surface area contributed by atoms with Gasteiger partial charge in [-0.3, -0.25) is 0 Å². The third-order valence-corrected chi connectivity index (χ3v) is 3.21. The Bertz CT molecular complexity index is 377. The van der Waals surface area contributed by atoms with Crippen molar-refractivity contribution in [2.45, 2.75) is 41.5 Å². The maximum atomic E-state index is 2.24. The van der Waals surface area contributed by atoms with Gasteiger partial charge in [0.25, 0.3) is 0 Å². The fourth-order valence-corrected chi connectivity index (χ4v) is 1.63. The normalized spacial score (nSPS) is 10.1. The van der Waals surface area contributed by atoms with Crippen LogP contribution in [0.15, 0.2) is 17.7 Å². The SMILES string of the molecule is CC(C)=C(C)c1ccc(C)c(C)c1C. The Morgan fingerprint density at radius 2 is 1.43 bits per heavy atom. The summed E-state index contributed by atoms with van der Waals surface area (Å²) < 4.78 is 0. The van der Waals surface area contributed by atoms with Gasteiger partial charge in [-0.15, -0.1) is 0 Å². The minimum Gasteiger partial charge on any atom is -0.0729 e. The molecule has 0 aliphatic carbocycles. The lowest BCUT2D eigenvalue weighted by Gasteiger charge is -2.12. The van der Waals surface area contributed by atoms with Crippen molar-refractivity contribution in [3.05, 3.63) is 40.0 Å². The maximum absolute atomic E-state index is 2.24. The molecule has 1 aromatic carbocycles. The largest absolute Gasteiger partial charge is 0.0729 e. The van der Waals surface area contributed by atoms with Crippen LogP contribution in [-0.4, -0.2) is 0 Å². The monoisotopic (exact) mass is 188 g/mol. The number of benzene rings is 1. The van der Waals surface area contributed by atoms with E-state index >= 15 is 0 Å².